The van der Waals surface area contributed by atoms with Crippen LogP contribution in [0.1, 0.15) is 70.4 Å². The molecule has 30 heavy (non-hydrogen) atoms. The predicted molar refractivity (Wildman–Crippen MR) is 122 cm³/mol. The monoisotopic (exact) mass is 452 g/mol. The molecule has 1 aromatic carbocycles. The summed E-state index contributed by atoms with van der Waals surface area (Å²) in [6.45, 7) is 8.19. The minimum Gasteiger partial charge on any atom is -0.353 e. The van der Waals surface area contributed by atoms with E-state index in [9.17, 15) is 13.2 Å². The van der Waals surface area contributed by atoms with Gasteiger partial charge in [-0.25, -0.2) is 8.42 Å². The van der Waals surface area contributed by atoms with Gasteiger partial charge < -0.3 is 5.32 Å². The smallest absolute Gasteiger partial charge is 0.225 e. The first-order chi connectivity index (χ1) is 14.1. The Morgan fingerprint density at radius 3 is 2.50 bits per heavy atom. The maximum Gasteiger partial charge on any atom is 0.225 e. The number of piperidine rings is 1. The maximum absolute atomic E-state index is 13.3. The van der Waals surface area contributed by atoms with E-state index in [0.29, 0.717) is 40.6 Å². The lowest BCUT2D eigenvalue weighted by Gasteiger charge is -2.31. The van der Waals surface area contributed by atoms with Gasteiger partial charge >= 0.3 is 0 Å². The molecule has 1 aliphatic heterocycles. The van der Waals surface area contributed by atoms with Crippen LogP contribution in [0, 0.1) is 18.8 Å². The summed E-state index contributed by atoms with van der Waals surface area (Å²) in [6, 6.07) is 3.55. The van der Waals surface area contributed by atoms with Crippen LogP contribution in [-0.2, 0) is 14.6 Å². The van der Waals surface area contributed by atoms with Crippen LogP contribution in [0.3, 0.4) is 0 Å². The van der Waals surface area contributed by atoms with Gasteiger partial charge in [-0.1, -0.05) is 37.8 Å². The van der Waals surface area contributed by atoms with E-state index in [1.807, 2.05) is 20.8 Å². The van der Waals surface area contributed by atoms with Crippen molar-refractivity contribution in [2.45, 2.75) is 82.4 Å². The van der Waals surface area contributed by atoms with Gasteiger partial charge in [0.15, 0.2) is 9.84 Å². The van der Waals surface area contributed by atoms with Gasteiger partial charge in [0.2, 0.25) is 5.91 Å². The molecular formula is C23H33ClN2O3S. The second-order valence-corrected chi connectivity index (χ2v) is 11.7. The Bertz CT molecular complexity index is 936. The SMILES string of the molecule is CC(=NCC1C(=O)NC(C)CC1C)c1cc(Cl)cc(S(=O)(=O)C2CCCCC2)c1C. The van der Waals surface area contributed by atoms with E-state index in [0.717, 1.165) is 31.2 Å². The van der Waals surface area contributed by atoms with Crippen molar-refractivity contribution in [3.8, 4) is 0 Å². The summed E-state index contributed by atoms with van der Waals surface area (Å²) in [5, 5.41) is 3.07. The van der Waals surface area contributed by atoms with Crippen molar-refractivity contribution in [1.29, 1.82) is 0 Å². The lowest BCUT2D eigenvalue weighted by Crippen LogP contribution is -2.47. The topological polar surface area (TPSA) is 75.6 Å². The first-order valence-electron chi connectivity index (χ1n) is 11.0. The summed E-state index contributed by atoms with van der Waals surface area (Å²) in [6.07, 6.45) is 5.37. The molecule has 0 spiro atoms. The van der Waals surface area contributed by atoms with Gasteiger partial charge in [-0.3, -0.25) is 9.79 Å². The molecule has 3 rings (SSSR count). The third-order valence-electron chi connectivity index (χ3n) is 6.67. The molecule has 1 aliphatic carbocycles. The van der Waals surface area contributed by atoms with Crippen LogP contribution in [0.15, 0.2) is 22.0 Å². The highest BCUT2D eigenvalue weighted by molar-refractivity contribution is 7.92. The van der Waals surface area contributed by atoms with Crippen molar-refractivity contribution < 1.29 is 13.2 Å². The summed E-state index contributed by atoms with van der Waals surface area (Å²) in [4.78, 5) is 17.4. The van der Waals surface area contributed by atoms with E-state index in [2.05, 4.69) is 17.2 Å². The number of benzene rings is 1. The standard InChI is InChI=1S/C23H33ClN2O3S/c1-14-10-15(2)26-23(27)21(14)13-25-17(4)20-11-18(24)12-22(16(20)3)30(28,29)19-8-6-5-7-9-19/h11-12,14-15,19,21H,5-10,13H2,1-4H3,(H,26,27). The normalized spacial score (nSPS) is 26.5. The first kappa shape index (κ1) is 23.3. The summed E-state index contributed by atoms with van der Waals surface area (Å²) < 4.78 is 26.6. The zero-order valence-electron chi connectivity index (χ0n) is 18.4. The number of amides is 1. The fourth-order valence-corrected chi connectivity index (χ4v) is 7.28. The number of aliphatic imine (C=N–C) groups is 1. The second kappa shape index (κ2) is 9.39. The molecule has 3 atom stereocenters. The van der Waals surface area contributed by atoms with E-state index in [-0.39, 0.29) is 29.0 Å². The van der Waals surface area contributed by atoms with Gasteiger partial charge in [0.25, 0.3) is 0 Å². The van der Waals surface area contributed by atoms with Gasteiger partial charge in [-0.15, -0.1) is 0 Å². The number of rotatable bonds is 5. The number of halogens is 1. The fourth-order valence-electron chi connectivity index (χ4n) is 4.85. The molecule has 1 amide bonds. The van der Waals surface area contributed by atoms with Crippen molar-refractivity contribution in [3.63, 3.8) is 0 Å². The van der Waals surface area contributed by atoms with Crippen molar-refractivity contribution in [2.24, 2.45) is 16.8 Å². The minimum atomic E-state index is -3.43. The molecule has 2 aliphatic rings. The quantitative estimate of drug-likeness (QED) is 0.656. The Kier molecular flexibility index (Phi) is 7.28. The summed E-state index contributed by atoms with van der Waals surface area (Å²) in [7, 11) is -3.43. The number of hydrogen-bond acceptors (Lipinski definition) is 4. The molecule has 1 heterocycles. The molecule has 0 bridgehead atoms. The number of sulfone groups is 1. The number of nitrogens with zero attached hydrogens (tertiary/aromatic N) is 1. The Morgan fingerprint density at radius 2 is 1.87 bits per heavy atom. The molecule has 3 unspecified atom stereocenters. The first-order valence-corrected chi connectivity index (χ1v) is 12.9. The molecule has 7 heteroatoms. The van der Waals surface area contributed by atoms with Crippen LogP contribution in [0.2, 0.25) is 5.02 Å². The average molecular weight is 453 g/mol. The zero-order valence-corrected chi connectivity index (χ0v) is 19.9. The number of carbonyl (C=O) groups is 1. The molecular weight excluding hydrogens is 420 g/mol. The van der Waals surface area contributed by atoms with E-state index in [1.165, 1.54) is 0 Å². The predicted octanol–water partition coefficient (Wildman–Crippen LogP) is 4.72. The third-order valence-corrected chi connectivity index (χ3v) is 9.28. The van der Waals surface area contributed by atoms with Crippen LogP contribution in [0.5, 0.6) is 0 Å². The third kappa shape index (κ3) is 4.91. The number of hydrogen-bond donors (Lipinski definition) is 1. The molecule has 1 aromatic rings. The zero-order chi connectivity index (χ0) is 22.1. The molecule has 0 radical (unpaired) electrons. The van der Waals surface area contributed by atoms with Crippen LogP contribution < -0.4 is 5.32 Å². The lowest BCUT2D eigenvalue weighted by molar-refractivity contribution is -0.129. The van der Waals surface area contributed by atoms with E-state index < -0.39 is 9.84 Å². The highest BCUT2D eigenvalue weighted by atomic mass is 35.5. The maximum atomic E-state index is 13.3. The highest BCUT2D eigenvalue weighted by Crippen LogP contribution is 2.33. The van der Waals surface area contributed by atoms with Gasteiger partial charge in [0.05, 0.1) is 22.6 Å². The van der Waals surface area contributed by atoms with Gasteiger partial charge in [0.1, 0.15) is 0 Å². The van der Waals surface area contributed by atoms with Gasteiger partial charge in [0, 0.05) is 22.3 Å². The van der Waals surface area contributed by atoms with Gasteiger partial charge in [-0.05, 0) is 63.6 Å². The largest absolute Gasteiger partial charge is 0.353 e. The van der Waals surface area contributed by atoms with Gasteiger partial charge in [-0.2, -0.15) is 0 Å². The molecule has 2 fully saturated rings. The molecule has 166 valence electrons. The Morgan fingerprint density at radius 1 is 1.20 bits per heavy atom. The van der Waals surface area contributed by atoms with Crippen LogP contribution in [0.25, 0.3) is 0 Å². The van der Waals surface area contributed by atoms with Crippen LogP contribution in [0.4, 0.5) is 0 Å². The number of carbonyl (C=O) groups excluding carboxylic acids is 1. The van der Waals surface area contributed by atoms with E-state index >= 15 is 0 Å². The van der Waals surface area contributed by atoms with Crippen LogP contribution >= 0.6 is 11.6 Å². The summed E-state index contributed by atoms with van der Waals surface area (Å²) in [5.74, 6) is 0.135. The fraction of sp³-hybridized carbons (Fsp3) is 0.652. The average Bonchev–Trinajstić information content (AvgIpc) is 2.69. The van der Waals surface area contributed by atoms with E-state index in [1.54, 1.807) is 12.1 Å². The molecule has 0 aromatic heterocycles. The van der Waals surface area contributed by atoms with Crippen molar-refractivity contribution in [1.82, 2.24) is 5.32 Å². The van der Waals surface area contributed by atoms with E-state index in [4.69, 9.17) is 11.6 Å². The summed E-state index contributed by atoms with van der Waals surface area (Å²) >= 11 is 6.34. The number of nitrogens with one attached hydrogen (secondary N) is 1. The highest BCUT2D eigenvalue weighted by Gasteiger charge is 2.33. The Balaban J connectivity index is 1.89. The van der Waals surface area contributed by atoms with Crippen LogP contribution in [-0.4, -0.2) is 37.9 Å². The lowest BCUT2D eigenvalue weighted by atomic mass is 9.84. The minimum absolute atomic E-state index is 0.0428. The Labute approximate surface area is 185 Å². The Hall–Kier alpha value is -1.40. The molecule has 1 saturated heterocycles. The second-order valence-electron chi connectivity index (χ2n) is 9.04. The van der Waals surface area contributed by atoms with Crippen molar-refractivity contribution in [2.75, 3.05) is 6.54 Å². The van der Waals surface area contributed by atoms with Crippen molar-refractivity contribution in [3.05, 3.63) is 28.3 Å². The molecule has 5 nitrogen and oxygen atoms in total. The molecule has 1 saturated carbocycles. The summed E-state index contributed by atoms with van der Waals surface area (Å²) in [5.41, 5.74) is 2.16. The van der Waals surface area contributed by atoms with Crippen molar-refractivity contribution >= 4 is 33.1 Å². The molecule has 1 N–H and O–H groups in total.